The third-order valence-electron chi connectivity index (χ3n) is 6.17. The molecule has 0 N–H and O–H groups in total. The monoisotopic (exact) mass is 503 g/mol. The molecule has 1 saturated heterocycles. The Kier molecular flexibility index (Phi) is 6.13. The highest BCUT2D eigenvalue weighted by atomic mass is 35.5. The van der Waals surface area contributed by atoms with Crippen molar-refractivity contribution in [2.45, 2.75) is 31.5 Å². The van der Waals surface area contributed by atoms with E-state index in [1.165, 1.54) is 36.4 Å². The number of carbonyl (C=O) groups is 1. The average Bonchev–Trinajstić information content (AvgIpc) is 2.98. The lowest BCUT2D eigenvalue weighted by Crippen LogP contribution is -2.37. The molecule has 0 spiro atoms. The first-order chi connectivity index (χ1) is 16.4. The van der Waals surface area contributed by atoms with Crippen LogP contribution < -0.4 is 9.47 Å². The fourth-order valence-corrected chi connectivity index (χ4v) is 4.98. The van der Waals surface area contributed by atoms with Crippen LogP contribution in [0.25, 0.3) is 0 Å². The van der Waals surface area contributed by atoms with E-state index in [1.54, 1.807) is 17.0 Å². The van der Waals surface area contributed by atoms with Crippen LogP contribution in [-0.2, 0) is 5.79 Å². The molecule has 4 nitrogen and oxygen atoms in total. The van der Waals surface area contributed by atoms with Gasteiger partial charge in [0.15, 0.2) is 11.5 Å². The third kappa shape index (κ3) is 4.10. The molecule has 0 saturated carbocycles. The number of halogens is 4. The first-order valence-corrected chi connectivity index (χ1v) is 11.9. The van der Waals surface area contributed by atoms with Crippen molar-refractivity contribution < 1.29 is 23.0 Å². The molecule has 176 valence electrons. The fourth-order valence-electron chi connectivity index (χ4n) is 4.44. The summed E-state index contributed by atoms with van der Waals surface area (Å²) >= 11 is 12.6. The normalized spacial score (nSPS) is 19.7. The van der Waals surface area contributed by atoms with E-state index < -0.39 is 17.4 Å². The molecule has 2 heterocycles. The smallest absolute Gasteiger partial charge is 0.307 e. The molecular formula is C26H21Cl2F2NO3. The van der Waals surface area contributed by atoms with E-state index >= 15 is 4.39 Å². The van der Waals surface area contributed by atoms with E-state index in [2.05, 4.69) is 0 Å². The molecular weight excluding hydrogens is 483 g/mol. The van der Waals surface area contributed by atoms with E-state index in [0.29, 0.717) is 29.2 Å². The van der Waals surface area contributed by atoms with Crippen LogP contribution in [0.4, 0.5) is 8.78 Å². The number of fused-ring (bicyclic) bond motifs is 1. The van der Waals surface area contributed by atoms with Crippen molar-refractivity contribution in [3.8, 4) is 11.5 Å². The molecule has 2 aliphatic heterocycles. The maximum Gasteiger partial charge on any atom is 0.307 e. The molecule has 3 aromatic rings. The van der Waals surface area contributed by atoms with Gasteiger partial charge in [-0.15, -0.1) is 0 Å². The molecule has 1 unspecified atom stereocenters. The Morgan fingerprint density at radius 3 is 2.15 bits per heavy atom. The van der Waals surface area contributed by atoms with Crippen molar-refractivity contribution in [1.82, 2.24) is 4.90 Å². The predicted molar refractivity (Wildman–Crippen MR) is 126 cm³/mol. The van der Waals surface area contributed by atoms with Crippen LogP contribution in [0.5, 0.6) is 11.5 Å². The molecule has 8 heteroatoms. The van der Waals surface area contributed by atoms with E-state index in [1.807, 2.05) is 0 Å². The van der Waals surface area contributed by atoms with E-state index in [4.69, 9.17) is 32.7 Å². The molecule has 3 aromatic carbocycles. The van der Waals surface area contributed by atoms with Crippen molar-refractivity contribution >= 4 is 29.1 Å². The summed E-state index contributed by atoms with van der Waals surface area (Å²) in [4.78, 5) is 14.8. The zero-order valence-electron chi connectivity index (χ0n) is 18.1. The highest BCUT2D eigenvalue weighted by Crippen LogP contribution is 2.50. The summed E-state index contributed by atoms with van der Waals surface area (Å²) in [6.07, 6.45) is 3.88. The topological polar surface area (TPSA) is 38.8 Å². The maximum absolute atomic E-state index is 15.1. The Bertz CT molecular complexity index is 1240. The van der Waals surface area contributed by atoms with Gasteiger partial charge >= 0.3 is 5.79 Å². The quantitative estimate of drug-likeness (QED) is 0.387. The standard InChI is InChI=1S/C26H21Cl2F2NO3/c27-17-7-10-20(21(28)13-17)26(16-5-8-18(29)9-6-16)33-23-14-19(22(30)15-24(23)34-26)25(32)31-11-3-1-2-4-12-31/h5-10,13-15H,1-4,11-12H2. The van der Waals surface area contributed by atoms with E-state index in [9.17, 15) is 9.18 Å². The van der Waals surface area contributed by atoms with Crippen LogP contribution in [0.1, 0.15) is 47.2 Å². The largest absolute Gasteiger partial charge is 0.440 e. The second kappa shape index (κ2) is 9.08. The summed E-state index contributed by atoms with van der Waals surface area (Å²) in [5.74, 6) is -2.83. The van der Waals surface area contributed by atoms with Crippen LogP contribution in [0.2, 0.25) is 10.0 Å². The van der Waals surface area contributed by atoms with Crippen LogP contribution in [0.3, 0.4) is 0 Å². The molecule has 0 bridgehead atoms. The number of amides is 1. The summed E-state index contributed by atoms with van der Waals surface area (Å²) in [5, 5.41) is 0.667. The van der Waals surface area contributed by atoms with Crippen LogP contribution in [0, 0.1) is 11.6 Å². The van der Waals surface area contributed by atoms with Gasteiger partial charge in [0.2, 0.25) is 0 Å². The zero-order valence-corrected chi connectivity index (χ0v) is 19.6. The summed E-state index contributed by atoms with van der Waals surface area (Å²) in [7, 11) is 0. The minimum Gasteiger partial charge on any atom is -0.440 e. The van der Waals surface area contributed by atoms with Gasteiger partial charge in [0.25, 0.3) is 5.91 Å². The second-order valence-electron chi connectivity index (χ2n) is 8.44. The highest BCUT2D eigenvalue weighted by Gasteiger charge is 2.47. The van der Waals surface area contributed by atoms with Gasteiger partial charge in [-0.25, -0.2) is 8.78 Å². The number of benzene rings is 3. The molecule has 1 atom stereocenters. The van der Waals surface area contributed by atoms with Crippen LogP contribution >= 0.6 is 23.2 Å². The summed E-state index contributed by atoms with van der Waals surface area (Å²) < 4.78 is 41.2. The average molecular weight is 504 g/mol. The number of hydrogen-bond acceptors (Lipinski definition) is 3. The predicted octanol–water partition coefficient (Wildman–Crippen LogP) is 6.96. The van der Waals surface area contributed by atoms with Gasteiger partial charge in [-0.1, -0.05) is 36.0 Å². The van der Waals surface area contributed by atoms with E-state index in [0.717, 1.165) is 31.7 Å². The summed E-state index contributed by atoms with van der Waals surface area (Å²) in [5.41, 5.74) is 0.763. The molecule has 0 aliphatic carbocycles. The van der Waals surface area contributed by atoms with Crippen molar-refractivity contribution in [3.63, 3.8) is 0 Å². The number of ether oxygens (including phenoxy) is 2. The van der Waals surface area contributed by atoms with Crippen molar-refractivity contribution in [1.29, 1.82) is 0 Å². The first-order valence-electron chi connectivity index (χ1n) is 11.1. The van der Waals surface area contributed by atoms with Crippen molar-refractivity contribution in [2.75, 3.05) is 13.1 Å². The highest BCUT2D eigenvalue weighted by molar-refractivity contribution is 6.35. The zero-order chi connectivity index (χ0) is 23.9. The minimum absolute atomic E-state index is 0.0821. The SMILES string of the molecule is O=C(c1cc2c(cc1F)OC(c1ccc(F)cc1)(c1ccc(Cl)cc1Cl)O2)N1CCCCCC1. The Morgan fingerprint density at radius 2 is 1.50 bits per heavy atom. The lowest BCUT2D eigenvalue weighted by atomic mass is 9.97. The molecule has 1 amide bonds. The second-order valence-corrected chi connectivity index (χ2v) is 9.28. The number of rotatable bonds is 3. The number of carbonyl (C=O) groups excluding carboxylic acids is 1. The molecule has 1 fully saturated rings. The molecule has 0 radical (unpaired) electrons. The van der Waals surface area contributed by atoms with Gasteiger partial charge in [0, 0.05) is 29.7 Å². The van der Waals surface area contributed by atoms with Gasteiger partial charge in [-0.05, 0) is 61.4 Å². The third-order valence-corrected chi connectivity index (χ3v) is 6.72. The molecule has 5 rings (SSSR count). The minimum atomic E-state index is -1.62. The van der Waals surface area contributed by atoms with Gasteiger partial charge in [-0.3, -0.25) is 4.79 Å². The van der Waals surface area contributed by atoms with Gasteiger partial charge in [-0.2, -0.15) is 0 Å². The Balaban J connectivity index is 1.58. The molecule has 0 aromatic heterocycles. The lowest BCUT2D eigenvalue weighted by molar-refractivity contribution is -0.0459. The maximum atomic E-state index is 15.1. The Labute approximate surface area is 206 Å². The van der Waals surface area contributed by atoms with Crippen LogP contribution in [0.15, 0.2) is 54.6 Å². The fraction of sp³-hybridized carbons (Fsp3) is 0.269. The van der Waals surface area contributed by atoms with Crippen molar-refractivity contribution in [2.24, 2.45) is 0 Å². The summed E-state index contributed by atoms with van der Waals surface area (Å²) in [6.45, 7) is 1.18. The Hall–Kier alpha value is -2.83. The summed E-state index contributed by atoms with van der Waals surface area (Å²) in [6, 6.07) is 12.9. The number of nitrogens with zero attached hydrogens (tertiary/aromatic N) is 1. The molecule has 2 aliphatic rings. The lowest BCUT2D eigenvalue weighted by Gasteiger charge is -2.29. The van der Waals surface area contributed by atoms with Gasteiger partial charge < -0.3 is 14.4 Å². The Morgan fingerprint density at radius 1 is 0.853 bits per heavy atom. The molecule has 34 heavy (non-hydrogen) atoms. The number of hydrogen-bond donors (Lipinski definition) is 0. The number of likely N-dealkylation sites (tertiary alicyclic amines) is 1. The first kappa shape index (κ1) is 22.9. The van der Waals surface area contributed by atoms with Crippen molar-refractivity contribution in [3.05, 3.63) is 93.0 Å². The van der Waals surface area contributed by atoms with Gasteiger partial charge in [0.1, 0.15) is 11.6 Å². The van der Waals surface area contributed by atoms with E-state index in [-0.39, 0.29) is 28.0 Å². The van der Waals surface area contributed by atoms with Gasteiger partial charge in [0.05, 0.1) is 16.1 Å². The van der Waals surface area contributed by atoms with Crippen LogP contribution in [-0.4, -0.2) is 23.9 Å².